The Bertz CT molecular complexity index is 1210. The summed E-state index contributed by atoms with van der Waals surface area (Å²) in [6.45, 7) is 5.21. The molecule has 1 aliphatic rings. The monoisotopic (exact) mass is 480 g/mol. The Kier molecular flexibility index (Phi) is 7.44. The van der Waals surface area contributed by atoms with E-state index in [1.54, 1.807) is 37.4 Å². The fraction of sp³-hybridized carbons (Fsp3) is 0.280. The Hall–Kier alpha value is -3.43. The smallest absolute Gasteiger partial charge is 0.264 e. The summed E-state index contributed by atoms with van der Waals surface area (Å²) in [4.78, 5) is 19.5. The third-order valence-corrected chi connectivity index (χ3v) is 7.57. The summed E-state index contributed by atoms with van der Waals surface area (Å²) in [5.41, 5.74) is 1.90. The van der Waals surface area contributed by atoms with Gasteiger partial charge in [0.15, 0.2) is 0 Å². The van der Waals surface area contributed by atoms with E-state index in [4.69, 9.17) is 4.74 Å². The predicted octanol–water partition coefficient (Wildman–Crippen LogP) is 3.06. The molecule has 2 heterocycles. The Morgan fingerprint density at radius 2 is 1.74 bits per heavy atom. The van der Waals surface area contributed by atoms with Crippen LogP contribution in [0.5, 0.6) is 0 Å². The number of aromatic nitrogens is 1. The molecule has 1 N–H and O–H groups in total. The van der Waals surface area contributed by atoms with Gasteiger partial charge < -0.3 is 15.0 Å². The van der Waals surface area contributed by atoms with Gasteiger partial charge >= 0.3 is 0 Å². The molecule has 1 amide bonds. The maximum absolute atomic E-state index is 13.1. The van der Waals surface area contributed by atoms with Crippen LogP contribution in [-0.2, 0) is 21.3 Å². The molecule has 3 aromatic rings. The summed E-state index contributed by atoms with van der Waals surface area (Å²) in [5, 5.41) is 2.92. The Balaban J connectivity index is 1.45. The van der Waals surface area contributed by atoms with Crippen LogP contribution in [0.25, 0.3) is 0 Å². The number of benzene rings is 2. The van der Waals surface area contributed by atoms with Crippen LogP contribution in [0, 0.1) is 0 Å². The van der Waals surface area contributed by atoms with Crippen molar-refractivity contribution in [1.82, 2.24) is 10.3 Å². The van der Waals surface area contributed by atoms with Crippen LogP contribution in [0.3, 0.4) is 0 Å². The molecule has 34 heavy (non-hydrogen) atoms. The predicted molar refractivity (Wildman–Crippen MR) is 132 cm³/mol. The summed E-state index contributed by atoms with van der Waals surface area (Å²) in [5.74, 6) is 0.559. The van der Waals surface area contributed by atoms with Crippen molar-refractivity contribution in [1.29, 1.82) is 0 Å². The molecule has 0 bridgehead atoms. The molecule has 0 saturated carbocycles. The minimum atomic E-state index is -3.74. The SMILES string of the molecule is CCN(c1ccccc1)S(=O)(=O)c1ccc(C(=O)NCc2cccnc2N2CCOCC2)cc1. The second-order valence-electron chi connectivity index (χ2n) is 7.80. The van der Waals surface area contributed by atoms with Gasteiger partial charge in [0.2, 0.25) is 0 Å². The van der Waals surface area contributed by atoms with Crippen LogP contribution in [0.2, 0.25) is 0 Å². The molecule has 178 valence electrons. The van der Waals surface area contributed by atoms with Gasteiger partial charge in [-0.05, 0) is 49.4 Å². The number of morpholine rings is 1. The fourth-order valence-corrected chi connectivity index (χ4v) is 5.37. The van der Waals surface area contributed by atoms with Crippen molar-refractivity contribution in [3.05, 3.63) is 84.1 Å². The lowest BCUT2D eigenvalue weighted by atomic mass is 10.2. The molecule has 9 heteroatoms. The number of carbonyl (C=O) groups is 1. The first kappa shape index (κ1) is 23.7. The summed E-state index contributed by atoms with van der Waals surface area (Å²) in [7, 11) is -3.74. The van der Waals surface area contributed by atoms with Crippen LogP contribution >= 0.6 is 0 Å². The lowest BCUT2D eigenvalue weighted by Crippen LogP contribution is -2.37. The van der Waals surface area contributed by atoms with Crippen LogP contribution in [0.4, 0.5) is 11.5 Å². The van der Waals surface area contributed by atoms with Gasteiger partial charge in [-0.3, -0.25) is 9.10 Å². The number of para-hydroxylation sites is 1. The second-order valence-corrected chi connectivity index (χ2v) is 9.66. The van der Waals surface area contributed by atoms with Crippen LogP contribution in [0.1, 0.15) is 22.8 Å². The van der Waals surface area contributed by atoms with Crippen LogP contribution in [-0.4, -0.2) is 52.2 Å². The van der Waals surface area contributed by atoms with E-state index in [0.29, 0.717) is 37.6 Å². The average Bonchev–Trinajstić information content (AvgIpc) is 2.89. The Labute approximate surface area is 200 Å². The highest BCUT2D eigenvalue weighted by molar-refractivity contribution is 7.92. The molecule has 1 aromatic heterocycles. The molecule has 1 fully saturated rings. The molecule has 0 radical (unpaired) electrons. The largest absolute Gasteiger partial charge is 0.378 e. The molecule has 4 rings (SSSR count). The van der Waals surface area contributed by atoms with Crippen LogP contribution in [0.15, 0.2) is 77.8 Å². The van der Waals surface area contributed by atoms with Gasteiger partial charge in [0.25, 0.3) is 15.9 Å². The molecular weight excluding hydrogens is 452 g/mol. The Morgan fingerprint density at radius 3 is 2.41 bits per heavy atom. The highest BCUT2D eigenvalue weighted by Gasteiger charge is 2.24. The number of amides is 1. The van der Waals surface area contributed by atoms with E-state index in [-0.39, 0.29) is 10.8 Å². The first-order valence-electron chi connectivity index (χ1n) is 11.2. The summed E-state index contributed by atoms with van der Waals surface area (Å²) in [6, 6.07) is 18.7. The van der Waals surface area contributed by atoms with Gasteiger partial charge in [0.05, 0.1) is 23.8 Å². The van der Waals surface area contributed by atoms with Crippen molar-refractivity contribution in [3.8, 4) is 0 Å². The van der Waals surface area contributed by atoms with Crippen molar-refractivity contribution in [3.63, 3.8) is 0 Å². The molecule has 1 aliphatic heterocycles. The molecule has 2 aromatic carbocycles. The van der Waals surface area contributed by atoms with Crippen molar-refractivity contribution >= 4 is 27.4 Å². The van der Waals surface area contributed by atoms with Crippen molar-refractivity contribution in [2.75, 3.05) is 42.1 Å². The zero-order chi connectivity index (χ0) is 24.0. The van der Waals surface area contributed by atoms with Gasteiger partial charge in [-0.1, -0.05) is 24.3 Å². The van der Waals surface area contributed by atoms with Crippen molar-refractivity contribution < 1.29 is 17.9 Å². The van der Waals surface area contributed by atoms with Gasteiger partial charge in [0, 0.05) is 43.5 Å². The number of hydrogen-bond donors (Lipinski definition) is 1. The number of rotatable bonds is 8. The maximum Gasteiger partial charge on any atom is 0.264 e. The number of sulfonamides is 1. The minimum Gasteiger partial charge on any atom is -0.378 e. The molecule has 0 unspecified atom stereocenters. The first-order chi connectivity index (χ1) is 16.5. The maximum atomic E-state index is 13.1. The van der Waals surface area contributed by atoms with Gasteiger partial charge in [-0.2, -0.15) is 0 Å². The second kappa shape index (κ2) is 10.7. The third-order valence-electron chi connectivity index (χ3n) is 5.65. The van der Waals surface area contributed by atoms with E-state index < -0.39 is 10.0 Å². The lowest BCUT2D eigenvalue weighted by molar-refractivity contribution is 0.0950. The number of ether oxygens (including phenoxy) is 1. The molecular formula is C25H28N4O4S. The van der Waals surface area contributed by atoms with E-state index in [2.05, 4.69) is 15.2 Å². The number of anilines is 2. The standard InChI is InChI=1S/C25H28N4O4S/c1-2-29(22-8-4-3-5-9-22)34(31,32)23-12-10-20(11-13-23)25(30)27-19-21-7-6-14-26-24(21)28-15-17-33-18-16-28/h3-14H,2,15-19H2,1H3,(H,27,30). The van der Waals surface area contributed by atoms with Crippen LogP contribution < -0.4 is 14.5 Å². The summed E-state index contributed by atoms with van der Waals surface area (Å²) in [6.07, 6.45) is 1.74. The van der Waals surface area contributed by atoms with Gasteiger partial charge in [0.1, 0.15) is 5.82 Å². The van der Waals surface area contributed by atoms with Gasteiger partial charge in [-0.15, -0.1) is 0 Å². The number of hydrogen-bond acceptors (Lipinski definition) is 6. The summed E-state index contributed by atoms with van der Waals surface area (Å²) < 4.78 is 33.1. The third kappa shape index (κ3) is 5.21. The highest BCUT2D eigenvalue weighted by atomic mass is 32.2. The number of carbonyl (C=O) groups excluding carboxylic acids is 1. The van der Waals surface area contributed by atoms with E-state index in [1.807, 2.05) is 18.2 Å². The van der Waals surface area contributed by atoms with E-state index >= 15 is 0 Å². The molecule has 0 aliphatic carbocycles. The molecule has 0 spiro atoms. The van der Waals surface area contributed by atoms with Crippen molar-refractivity contribution in [2.45, 2.75) is 18.4 Å². The Morgan fingerprint density at radius 1 is 1.03 bits per heavy atom. The van der Waals surface area contributed by atoms with E-state index in [0.717, 1.165) is 24.5 Å². The molecule has 0 atom stereocenters. The average molecular weight is 481 g/mol. The lowest BCUT2D eigenvalue weighted by Gasteiger charge is -2.29. The number of nitrogens with one attached hydrogen (secondary N) is 1. The molecule has 1 saturated heterocycles. The number of pyridine rings is 1. The first-order valence-corrected chi connectivity index (χ1v) is 12.7. The zero-order valence-corrected chi connectivity index (χ0v) is 19.9. The van der Waals surface area contributed by atoms with E-state index in [1.165, 1.54) is 28.6 Å². The van der Waals surface area contributed by atoms with Gasteiger partial charge in [-0.25, -0.2) is 13.4 Å². The van der Waals surface area contributed by atoms with Crippen molar-refractivity contribution in [2.24, 2.45) is 0 Å². The number of nitrogens with zero attached hydrogens (tertiary/aromatic N) is 3. The minimum absolute atomic E-state index is 0.136. The molecule has 8 nitrogen and oxygen atoms in total. The zero-order valence-electron chi connectivity index (χ0n) is 19.1. The topological polar surface area (TPSA) is 91.8 Å². The quantitative estimate of drug-likeness (QED) is 0.533. The van der Waals surface area contributed by atoms with E-state index in [9.17, 15) is 13.2 Å². The summed E-state index contributed by atoms with van der Waals surface area (Å²) >= 11 is 0. The highest BCUT2D eigenvalue weighted by Crippen LogP contribution is 2.24. The fourth-order valence-electron chi connectivity index (χ4n) is 3.90. The normalized spacial score (nSPS) is 14.0.